The summed E-state index contributed by atoms with van der Waals surface area (Å²) in [7, 11) is 0. The molecule has 0 aliphatic rings. The first-order chi connectivity index (χ1) is 6.93. The van der Waals surface area contributed by atoms with Crippen LogP contribution in [0.25, 0.3) is 0 Å². The van der Waals surface area contributed by atoms with Gasteiger partial charge in [0.25, 0.3) is 0 Å². The molecule has 14 heavy (non-hydrogen) atoms. The standard InChI is InChI=1S/C11H18N2S/c1-2-12-7-3-4-10-14-11-5-8-13-9-6-11/h5-6,8-9,12H,2-4,7,10H2,1H3. The van der Waals surface area contributed by atoms with Crippen LogP contribution in [0.2, 0.25) is 0 Å². The van der Waals surface area contributed by atoms with E-state index >= 15 is 0 Å². The highest BCUT2D eigenvalue weighted by Gasteiger charge is 1.92. The quantitative estimate of drug-likeness (QED) is 0.553. The molecule has 1 N–H and O–H groups in total. The molecule has 0 amide bonds. The molecule has 1 aromatic heterocycles. The fourth-order valence-corrected chi connectivity index (χ4v) is 2.05. The van der Waals surface area contributed by atoms with Crippen LogP contribution in [0.1, 0.15) is 19.8 Å². The van der Waals surface area contributed by atoms with Crippen molar-refractivity contribution in [3.63, 3.8) is 0 Å². The highest BCUT2D eigenvalue weighted by molar-refractivity contribution is 7.99. The SMILES string of the molecule is CCNCCCCSc1ccncc1. The number of aromatic nitrogens is 1. The van der Waals surface area contributed by atoms with E-state index in [0.717, 1.165) is 13.1 Å². The Kier molecular flexibility index (Phi) is 6.45. The van der Waals surface area contributed by atoms with Crippen LogP contribution in [0, 0.1) is 0 Å². The van der Waals surface area contributed by atoms with Gasteiger partial charge in [0.2, 0.25) is 0 Å². The van der Waals surface area contributed by atoms with Crippen molar-refractivity contribution in [1.29, 1.82) is 0 Å². The first-order valence-corrected chi connectivity index (χ1v) is 6.15. The minimum atomic E-state index is 1.08. The van der Waals surface area contributed by atoms with Crippen LogP contribution in [-0.2, 0) is 0 Å². The second-order valence-electron chi connectivity index (χ2n) is 3.09. The van der Waals surface area contributed by atoms with Crippen molar-refractivity contribution in [2.45, 2.75) is 24.7 Å². The fourth-order valence-electron chi connectivity index (χ4n) is 1.15. The molecule has 0 aliphatic carbocycles. The Morgan fingerprint density at radius 2 is 2.07 bits per heavy atom. The van der Waals surface area contributed by atoms with Crippen LogP contribution in [-0.4, -0.2) is 23.8 Å². The highest BCUT2D eigenvalue weighted by Crippen LogP contribution is 2.17. The van der Waals surface area contributed by atoms with E-state index < -0.39 is 0 Å². The lowest BCUT2D eigenvalue weighted by Crippen LogP contribution is -2.13. The molecule has 0 unspecified atom stereocenters. The lowest BCUT2D eigenvalue weighted by Gasteiger charge is -2.02. The van der Waals surface area contributed by atoms with E-state index in [4.69, 9.17) is 0 Å². The second kappa shape index (κ2) is 7.83. The predicted octanol–water partition coefficient (Wildman–Crippen LogP) is 2.56. The summed E-state index contributed by atoms with van der Waals surface area (Å²) in [5.74, 6) is 1.20. The number of thioether (sulfide) groups is 1. The Morgan fingerprint density at radius 3 is 2.79 bits per heavy atom. The van der Waals surface area contributed by atoms with Crippen molar-refractivity contribution >= 4 is 11.8 Å². The molecular weight excluding hydrogens is 192 g/mol. The minimum Gasteiger partial charge on any atom is -0.317 e. The van der Waals surface area contributed by atoms with Crippen LogP contribution < -0.4 is 5.32 Å². The van der Waals surface area contributed by atoms with Crippen LogP contribution in [0.5, 0.6) is 0 Å². The summed E-state index contributed by atoms with van der Waals surface area (Å²) in [6.07, 6.45) is 6.24. The van der Waals surface area contributed by atoms with Crippen molar-refractivity contribution in [3.05, 3.63) is 24.5 Å². The van der Waals surface area contributed by atoms with Gasteiger partial charge in [0.05, 0.1) is 0 Å². The first-order valence-electron chi connectivity index (χ1n) is 5.17. The summed E-state index contributed by atoms with van der Waals surface area (Å²) in [5.41, 5.74) is 0. The monoisotopic (exact) mass is 210 g/mol. The van der Waals surface area contributed by atoms with Crippen molar-refractivity contribution in [2.24, 2.45) is 0 Å². The zero-order valence-corrected chi connectivity index (χ0v) is 9.52. The van der Waals surface area contributed by atoms with Crippen LogP contribution in [0.15, 0.2) is 29.4 Å². The third kappa shape index (κ3) is 5.25. The molecule has 1 heterocycles. The van der Waals surface area contributed by atoms with Gasteiger partial charge in [0.15, 0.2) is 0 Å². The van der Waals surface area contributed by atoms with Gasteiger partial charge in [-0.3, -0.25) is 4.98 Å². The molecule has 0 fully saturated rings. The van der Waals surface area contributed by atoms with Gasteiger partial charge >= 0.3 is 0 Å². The Hall–Kier alpha value is -0.540. The van der Waals surface area contributed by atoms with Crippen molar-refractivity contribution < 1.29 is 0 Å². The molecule has 0 atom stereocenters. The average Bonchev–Trinajstić information content (AvgIpc) is 2.25. The van der Waals surface area contributed by atoms with E-state index in [1.165, 1.54) is 23.5 Å². The summed E-state index contributed by atoms with van der Waals surface area (Å²) >= 11 is 1.91. The zero-order valence-electron chi connectivity index (χ0n) is 8.70. The van der Waals surface area contributed by atoms with Crippen molar-refractivity contribution in [2.75, 3.05) is 18.8 Å². The second-order valence-corrected chi connectivity index (χ2v) is 4.26. The van der Waals surface area contributed by atoms with Gasteiger partial charge in [0, 0.05) is 17.3 Å². The number of hydrogen-bond donors (Lipinski definition) is 1. The van der Waals surface area contributed by atoms with E-state index in [2.05, 4.69) is 29.4 Å². The molecule has 78 valence electrons. The summed E-state index contributed by atoms with van der Waals surface area (Å²) in [4.78, 5) is 5.31. The van der Waals surface area contributed by atoms with Gasteiger partial charge in [-0.1, -0.05) is 6.92 Å². The molecule has 0 aromatic carbocycles. The normalized spacial score (nSPS) is 10.4. The Morgan fingerprint density at radius 1 is 1.29 bits per heavy atom. The maximum Gasteiger partial charge on any atom is 0.0278 e. The van der Waals surface area contributed by atoms with E-state index in [9.17, 15) is 0 Å². The van der Waals surface area contributed by atoms with Gasteiger partial charge in [-0.25, -0.2) is 0 Å². The summed E-state index contributed by atoms with van der Waals surface area (Å²) in [6, 6.07) is 4.13. The van der Waals surface area contributed by atoms with E-state index in [0.29, 0.717) is 0 Å². The summed E-state index contributed by atoms with van der Waals surface area (Å²) < 4.78 is 0. The van der Waals surface area contributed by atoms with Crippen LogP contribution >= 0.6 is 11.8 Å². The smallest absolute Gasteiger partial charge is 0.0278 e. The topological polar surface area (TPSA) is 24.9 Å². The van der Waals surface area contributed by atoms with E-state index in [1.54, 1.807) is 0 Å². The lowest BCUT2D eigenvalue weighted by atomic mass is 10.3. The summed E-state index contributed by atoms with van der Waals surface area (Å²) in [5, 5.41) is 3.33. The molecule has 0 saturated heterocycles. The maximum atomic E-state index is 3.99. The molecule has 2 nitrogen and oxygen atoms in total. The summed E-state index contributed by atoms with van der Waals surface area (Å²) in [6.45, 7) is 4.37. The number of pyridine rings is 1. The number of rotatable bonds is 7. The van der Waals surface area contributed by atoms with Gasteiger partial charge in [-0.05, 0) is 43.8 Å². The lowest BCUT2D eigenvalue weighted by molar-refractivity contribution is 0.666. The van der Waals surface area contributed by atoms with Gasteiger partial charge in [-0.2, -0.15) is 0 Å². The average molecular weight is 210 g/mol. The fraction of sp³-hybridized carbons (Fsp3) is 0.545. The first kappa shape index (κ1) is 11.5. The van der Waals surface area contributed by atoms with Gasteiger partial charge in [0.1, 0.15) is 0 Å². The molecule has 1 rings (SSSR count). The molecule has 3 heteroatoms. The molecule has 0 radical (unpaired) electrons. The van der Waals surface area contributed by atoms with Crippen molar-refractivity contribution in [3.8, 4) is 0 Å². The van der Waals surface area contributed by atoms with Gasteiger partial charge in [-0.15, -0.1) is 11.8 Å². The van der Waals surface area contributed by atoms with Crippen LogP contribution in [0.3, 0.4) is 0 Å². The highest BCUT2D eigenvalue weighted by atomic mass is 32.2. The molecule has 0 saturated carbocycles. The Bertz CT molecular complexity index is 226. The minimum absolute atomic E-state index is 1.08. The molecule has 0 spiro atoms. The third-order valence-corrected chi connectivity index (χ3v) is 3.01. The van der Waals surface area contributed by atoms with E-state index in [1.807, 2.05) is 24.2 Å². The molecule has 0 bridgehead atoms. The number of nitrogens with one attached hydrogen (secondary N) is 1. The number of nitrogens with zero attached hydrogens (tertiary/aromatic N) is 1. The predicted molar refractivity (Wildman–Crippen MR) is 62.7 cm³/mol. The van der Waals surface area contributed by atoms with E-state index in [-0.39, 0.29) is 0 Å². The Labute approximate surface area is 90.5 Å². The number of unbranched alkanes of at least 4 members (excludes halogenated alkanes) is 1. The number of hydrogen-bond acceptors (Lipinski definition) is 3. The molecule has 0 aliphatic heterocycles. The Balaban J connectivity index is 1.99. The van der Waals surface area contributed by atoms with Crippen molar-refractivity contribution in [1.82, 2.24) is 10.3 Å². The largest absolute Gasteiger partial charge is 0.317 e. The molecular formula is C11H18N2S. The zero-order chi connectivity index (χ0) is 10.1. The third-order valence-electron chi connectivity index (χ3n) is 1.92. The molecule has 1 aromatic rings. The van der Waals surface area contributed by atoms with Gasteiger partial charge < -0.3 is 5.32 Å². The maximum absolute atomic E-state index is 3.99. The van der Waals surface area contributed by atoms with Crippen LogP contribution in [0.4, 0.5) is 0 Å².